The molecule has 0 radical (unpaired) electrons. The summed E-state index contributed by atoms with van der Waals surface area (Å²) in [5, 5.41) is 18.0. The highest BCUT2D eigenvalue weighted by Crippen LogP contribution is 2.39. The van der Waals surface area contributed by atoms with Gasteiger partial charge in [0.2, 0.25) is 0 Å². The number of nitrogens with two attached hydrogens (primary N) is 1. The summed E-state index contributed by atoms with van der Waals surface area (Å²) in [5.74, 6) is 0.824. The number of rotatable bonds is 5. The second-order valence-electron chi connectivity index (χ2n) is 6.35. The molecule has 1 aromatic heterocycles. The van der Waals surface area contributed by atoms with Gasteiger partial charge in [-0.3, -0.25) is 5.41 Å². The molecule has 0 unspecified atom stereocenters. The number of pyridine rings is 1. The van der Waals surface area contributed by atoms with Crippen LogP contribution in [-0.4, -0.2) is 47.3 Å². The number of anilines is 2. The number of aliphatic hydroxyl groups is 1. The highest BCUT2D eigenvalue weighted by atomic mass is 19.4. The average Bonchev–Trinajstić information content (AvgIpc) is 2.59. The van der Waals surface area contributed by atoms with Crippen LogP contribution in [0.5, 0.6) is 5.75 Å². The summed E-state index contributed by atoms with van der Waals surface area (Å²) in [4.78, 5) is 5.36. The predicted octanol–water partition coefficient (Wildman–Crippen LogP) is 2.59. The van der Waals surface area contributed by atoms with E-state index in [2.05, 4.69) is 4.98 Å². The van der Waals surface area contributed by atoms with Gasteiger partial charge < -0.3 is 20.5 Å². The topological polar surface area (TPSA) is 95.5 Å². The molecule has 0 saturated carbocycles. The van der Waals surface area contributed by atoms with Crippen LogP contribution >= 0.6 is 0 Å². The SMILES string of the molecule is CCOc1ccc(N)c(C(=N)c2ccnc(N3CC(O)(C(F)(F)F)C3)c2)c1. The molecule has 144 valence electrons. The van der Waals surface area contributed by atoms with E-state index in [1.54, 1.807) is 24.3 Å². The van der Waals surface area contributed by atoms with Crippen molar-refractivity contribution in [2.24, 2.45) is 0 Å². The molecule has 4 N–H and O–H groups in total. The zero-order chi connectivity index (χ0) is 19.8. The standard InChI is InChI=1S/C18H19F3N4O2/c1-2-27-12-3-4-14(22)13(8-12)16(23)11-5-6-24-15(7-11)25-9-17(26,10-25)18(19,20)21/h3-8,23,26H,2,9-10,22H2,1H3. The third-order valence-corrected chi connectivity index (χ3v) is 4.40. The number of benzene rings is 1. The summed E-state index contributed by atoms with van der Waals surface area (Å²) in [6.07, 6.45) is -3.28. The van der Waals surface area contributed by atoms with Gasteiger partial charge >= 0.3 is 6.18 Å². The Labute approximate surface area is 153 Å². The smallest absolute Gasteiger partial charge is 0.420 e. The van der Waals surface area contributed by atoms with Crippen molar-refractivity contribution < 1.29 is 23.0 Å². The monoisotopic (exact) mass is 380 g/mol. The number of β-amino-alcohol motifs (C(OH)–C–C–N with tert-alkyl or cyclic N) is 1. The van der Waals surface area contributed by atoms with Crippen molar-refractivity contribution >= 4 is 17.2 Å². The van der Waals surface area contributed by atoms with E-state index in [0.29, 0.717) is 29.2 Å². The van der Waals surface area contributed by atoms with Gasteiger partial charge in [-0.1, -0.05) is 0 Å². The fraction of sp³-hybridized carbons (Fsp3) is 0.333. The second-order valence-corrected chi connectivity index (χ2v) is 6.35. The second kappa shape index (κ2) is 6.73. The number of hydrogen-bond acceptors (Lipinski definition) is 6. The Hall–Kier alpha value is -2.81. The van der Waals surface area contributed by atoms with Gasteiger partial charge in [0.05, 0.1) is 25.4 Å². The van der Waals surface area contributed by atoms with Gasteiger partial charge in [-0.2, -0.15) is 13.2 Å². The van der Waals surface area contributed by atoms with Crippen LogP contribution in [0.25, 0.3) is 0 Å². The minimum Gasteiger partial charge on any atom is -0.494 e. The first kappa shape index (κ1) is 19.0. The van der Waals surface area contributed by atoms with Crippen LogP contribution in [0.3, 0.4) is 0 Å². The molecule has 2 heterocycles. The largest absolute Gasteiger partial charge is 0.494 e. The van der Waals surface area contributed by atoms with Crippen LogP contribution in [0.1, 0.15) is 18.1 Å². The minimum atomic E-state index is -4.69. The molecule has 27 heavy (non-hydrogen) atoms. The molecule has 9 heteroatoms. The van der Waals surface area contributed by atoms with Gasteiger partial charge in [0.25, 0.3) is 0 Å². The minimum absolute atomic E-state index is 0.101. The number of halogens is 3. The number of aromatic nitrogens is 1. The Balaban J connectivity index is 1.83. The highest BCUT2D eigenvalue weighted by molar-refractivity contribution is 6.14. The van der Waals surface area contributed by atoms with Crippen molar-refractivity contribution in [3.8, 4) is 5.75 Å². The lowest BCUT2D eigenvalue weighted by molar-refractivity contribution is -0.267. The first-order valence-electron chi connectivity index (χ1n) is 8.26. The predicted molar refractivity (Wildman–Crippen MR) is 95.4 cm³/mol. The molecule has 0 aliphatic carbocycles. The van der Waals surface area contributed by atoms with Crippen LogP contribution in [0.4, 0.5) is 24.7 Å². The molecule has 0 atom stereocenters. The summed E-state index contributed by atoms with van der Waals surface area (Å²) in [6, 6.07) is 8.06. The summed E-state index contributed by atoms with van der Waals surface area (Å²) in [6.45, 7) is 1.11. The maximum Gasteiger partial charge on any atom is 0.420 e. The lowest BCUT2D eigenvalue weighted by Gasteiger charge is -2.47. The van der Waals surface area contributed by atoms with Crippen molar-refractivity contribution in [2.45, 2.75) is 18.7 Å². The lowest BCUT2D eigenvalue weighted by atomic mass is 9.93. The molecule has 0 spiro atoms. The van der Waals surface area contributed by atoms with Crippen LogP contribution in [0, 0.1) is 5.41 Å². The molecule has 0 amide bonds. The molecule has 1 fully saturated rings. The number of hydrogen-bond donors (Lipinski definition) is 3. The van der Waals surface area contributed by atoms with Gasteiger partial charge in [-0.05, 0) is 37.3 Å². The first-order chi connectivity index (χ1) is 12.6. The van der Waals surface area contributed by atoms with Crippen LogP contribution in [-0.2, 0) is 0 Å². The van der Waals surface area contributed by atoms with Gasteiger partial charge in [0.15, 0.2) is 5.60 Å². The Morgan fingerprint density at radius 2 is 2.04 bits per heavy atom. The lowest BCUT2D eigenvalue weighted by Crippen LogP contribution is -2.69. The molecular weight excluding hydrogens is 361 g/mol. The number of ether oxygens (including phenoxy) is 1. The van der Waals surface area contributed by atoms with E-state index in [0.717, 1.165) is 0 Å². The third kappa shape index (κ3) is 3.55. The Kier molecular flexibility index (Phi) is 4.73. The zero-order valence-electron chi connectivity index (χ0n) is 14.5. The van der Waals surface area contributed by atoms with E-state index in [1.165, 1.54) is 17.2 Å². The number of nitrogens with zero attached hydrogens (tertiary/aromatic N) is 2. The van der Waals surface area contributed by atoms with Gasteiger partial charge in [-0.25, -0.2) is 4.98 Å². The zero-order valence-corrected chi connectivity index (χ0v) is 14.5. The summed E-state index contributed by atoms with van der Waals surface area (Å²) in [7, 11) is 0. The number of nitrogens with one attached hydrogen (secondary N) is 1. The van der Waals surface area contributed by atoms with Gasteiger partial charge in [0, 0.05) is 23.0 Å². The quantitative estimate of drug-likeness (QED) is 0.547. The fourth-order valence-corrected chi connectivity index (χ4v) is 2.84. The molecule has 2 aromatic rings. The summed E-state index contributed by atoms with van der Waals surface area (Å²) >= 11 is 0. The third-order valence-electron chi connectivity index (χ3n) is 4.40. The van der Waals surface area contributed by atoms with E-state index in [1.807, 2.05) is 6.92 Å². The van der Waals surface area contributed by atoms with E-state index >= 15 is 0 Å². The van der Waals surface area contributed by atoms with E-state index in [9.17, 15) is 18.3 Å². The molecule has 1 aromatic carbocycles. The summed E-state index contributed by atoms with van der Waals surface area (Å²) in [5.41, 5.74) is 4.62. The Morgan fingerprint density at radius 1 is 1.33 bits per heavy atom. The Morgan fingerprint density at radius 3 is 2.67 bits per heavy atom. The highest BCUT2D eigenvalue weighted by Gasteiger charge is 2.61. The van der Waals surface area contributed by atoms with Gasteiger partial charge in [0.1, 0.15) is 11.6 Å². The van der Waals surface area contributed by atoms with Crippen molar-refractivity contribution in [3.05, 3.63) is 47.7 Å². The average molecular weight is 380 g/mol. The normalized spacial score (nSPS) is 16.0. The van der Waals surface area contributed by atoms with Crippen LogP contribution in [0.15, 0.2) is 36.5 Å². The van der Waals surface area contributed by atoms with Crippen molar-refractivity contribution in [2.75, 3.05) is 30.3 Å². The molecular formula is C18H19F3N4O2. The maximum atomic E-state index is 12.8. The van der Waals surface area contributed by atoms with Crippen molar-refractivity contribution in [3.63, 3.8) is 0 Å². The molecule has 6 nitrogen and oxygen atoms in total. The Bertz CT molecular complexity index is 864. The molecule has 1 aliphatic rings. The molecule has 1 aliphatic heterocycles. The van der Waals surface area contributed by atoms with E-state index in [4.69, 9.17) is 15.9 Å². The van der Waals surface area contributed by atoms with Crippen LogP contribution < -0.4 is 15.4 Å². The van der Waals surface area contributed by atoms with Crippen molar-refractivity contribution in [1.82, 2.24) is 4.98 Å². The van der Waals surface area contributed by atoms with E-state index in [-0.39, 0.29) is 11.5 Å². The summed E-state index contributed by atoms with van der Waals surface area (Å²) < 4.78 is 43.8. The first-order valence-corrected chi connectivity index (χ1v) is 8.26. The number of alkyl halides is 3. The fourth-order valence-electron chi connectivity index (χ4n) is 2.84. The van der Waals surface area contributed by atoms with Crippen molar-refractivity contribution in [1.29, 1.82) is 5.41 Å². The molecule has 3 rings (SSSR count). The molecule has 1 saturated heterocycles. The van der Waals surface area contributed by atoms with Gasteiger partial charge in [-0.15, -0.1) is 0 Å². The molecule has 0 bridgehead atoms. The number of nitrogen functional groups attached to an aromatic ring is 1. The van der Waals surface area contributed by atoms with E-state index < -0.39 is 24.9 Å². The van der Waals surface area contributed by atoms with Crippen LogP contribution in [0.2, 0.25) is 0 Å². The maximum absolute atomic E-state index is 12.8.